The van der Waals surface area contributed by atoms with Crippen molar-refractivity contribution < 1.29 is 86.6 Å². The third kappa shape index (κ3) is 14.5. The van der Waals surface area contributed by atoms with Gasteiger partial charge in [0.25, 0.3) is 11.2 Å². The Morgan fingerprint density at radius 2 is 0.974 bits per heavy atom. The molecule has 4 aromatic rings. The fourth-order valence-corrected chi connectivity index (χ4v) is 9.12. The molecule has 76 heavy (non-hydrogen) atoms. The Kier molecular flexibility index (Phi) is 22.3. The molecule has 4 aromatic carbocycles. The lowest BCUT2D eigenvalue weighted by Crippen LogP contribution is -2.57. The van der Waals surface area contributed by atoms with Gasteiger partial charge in [0.15, 0.2) is 0 Å². The molecule has 0 saturated heterocycles. The zero-order chi connectivity index (χ0) is 57.7. The number of ether oxygens (including phenoxy) is 4. The van der Waals surface area contributed by atoms with E-state index in [2.05, 4.69) is 9.47 Å². The number of phenols is 1. The number of benzene rings is 4. The molecule has 0 aromatic heterocycles. The molecule has 4 rings (SSSR count). The number of rotatable bonds is 22. The van der Waals surface area contributed by atoms with Gasteiger partial charge in [0.1, 0.15) is 18.3 Å². The molecule has 0 heterocycles. The third-order valence-electron chi connectivity index (χ3n) is 14.0. The molecular weight excluding hydrogens is 1020 g/mol. The van der Waals surface area contributed by atoms with E-state index in [9.17, 15) is 67.7 Å². The normalized spacial score (nSPS) is 13.3. The second kappa shape index (κ2) is 26.2. The SMILES string of the molecule is CCC(CC)(c1ccc(O)c(C)c1)c1ccc(/C=C/C(O)(C(F)(F)F)C(F)(F)F)c(C)c1.CCOC(=O)CCCCOc1ccc(C(CC)(CC)c2ccc(/C=C/C(OCOC)(C(F)(F)F)C(F)(F)F)c(C)c2)cc1C. The van der Waals surface area contributed by atoms with Crippen molar-refractivity contribution in [2.75, 3.05) is 27.1 Å². The highest BCUT2D eigenvalue weighted by Gasteiger charge is 2.71. The lowest BCUT2D eigenvalue weighted by molar-refractivity contribution is -0.372. The molecule has 19 heteroatoms. The lowest BCUT2D eigenvalue weighted by Gasteiger charge is -2.35. The first-order valence-electron chi connectivity index (χ1n) is 24.7. The number of aromatic hydroxyl groups is 1. The molecule has 0 atom stereocenters. The minimum Gasteiger partial charge on any atom is -0.508 e. The number of carbonyl (C=O) groups excluding carboxylic acids is 1. The highest BCUT2D eigenvalue weighted by Crippen LogP contribution is 2.49. The molecule has 0 aliphatic rings. The number of hydrogen-bond donors (Lipinski definition) is 2. The molecule has 0 aliphatic heterocycles. The number of hydrogen-bond acceptors (Lipinski definition) is 7. The molecule has 422 valence electrons. The second-order valence-electron chi connectivity index (χ2n) is 18.5. The van der Waals surface area contributed by atoms with Crippen LogP contribution in [0.3, 0.4) is 0 Å². The van der Waals surface area contributed by atoms with Crippen molar-refractivity contribution in [3.05, 3.63) is 141 Å². The number of esters is 1. The summed E-state index contributed by atoms with van der Waals surface area (Å²) in [4.78, 5) is 11.5. The standard InChI is InChI=1S/C33H42F6O5.C24H26F6O2/c1-7-30(8-2,27-15-16-28(24(5)21-27)43-19-11-10-12-29(40)42-9-3)26-14-13-25(23(4)20-26)17-18-31(32(34,35)36,33(37,38)39)44-22-41-6;1-5-21(6-2,19-9-10-20(31)16(4)14-19)18-8-7-17(15(3)13-18)11-12-22(32,23(25,26)27)24(28,29)30/h13-18,20-21H,7-12,19,22H2,1-6H3;7-14,31-32H,5-6H2,1-4H3/b18-17+;12-11+. The number of methoxy groups -OCH3 is 1. The number of aryl methyl sites for hydroxylation is 4. The third-order valence-corrected chi connectivity index (χ3v) is 14.0. The smallest absolute Gasteiger partial charge is 0.430 e. The van der Waals surface area contributed by atoms with Gasteiger partial charge < -0.3 is 29.2 Å². The van der Waals surface area contributed by atoms with Crippen molar-refractivity contribution >= 4 is 18.1 Å². The van der Waals surface area contributed by atoms with Crippen LogP contribution in [0.15, 0.2) is 84.9 Å². The van der Waals surface area contributed by atoms with Gasteiger partial charge >= 0.3 is 30.7 Å². The van der Waals surface area contributed by atoms with Crippen molar-refractivity contribution in [2.45, 2.75) is 154 Å². The molecule has 0 radical (unpaired) electrons. The first-order valence-corrected chi connectivity index (χ1v) is 24.7. The maximum absolute atomic E-state index is 13.7. The summed E-state index contributed by atoms with van der Waals surface area (Å²) < 4.78 is 179. The monoisotopic (exact) mass is 1090 g/mol. The van der Waals surface area contributed by atoms with Crippen molar-refractivity contribution in [1.82, 2.24) is 0 Å². The van der Waals surface area contributed by atoms with Crippen LogP contribution >= 0.6 is 0 Å². The molecular formula is C57H68F12O7. The minimum atomic E-state index is -5.91. The van der Waals surface area contributed by atoms with Gasteiger partial charge in [0, 0.05) is 24.4 Å². The number of halogens is 12. The lowest BCUT2D eigenvalue weighted by atomic mass is 9.70. The number of aliphatic hydroxyl groups is 1. The summed E-state index contributed by atoms with van der Waals surface area (Å²) in [6.07, 6.45) is -17.7. The fourth-order valence-electron chi connectivity index (χ4n) is 9.12. The molecule has 0 spiro atoms. The maximum atomic E-state index is 13.7. The van der Waals surface area contributed by atoms with E-state index < -0.39 is 53.5 Å². The summed E-state index contributed by atoms with van der Waals surface area (Å²) in [6.45, 7) is 16.3. The summed E-state index contributed by atoms with van der Waals surface area (Å²) >= 11 is 0. The fraction of sp³-hybridized carbons (Fsp3) is 0.491. The van der Waals surface area contributed by atoms with Crippen molar-refractivity contribution in [1.29, 1.82) is 0 Å². The van der Waals surface area contributed by atoms with E-state index in [1.54, 1.807) is 58.0 Å². The average Bonchev–Trinajstić information content (AvgIpc) is 3.33. The zero-order valence-electron chi connectivity index (χ0n) is 44.3. The Morgan fingerprint density at radius 3 is 1.36 bits per heavy atom. The maximum Gasteiger partial charge on any atom is 0.430 e. The van der Waals surface area contributed by atoms with Gasteiger partial charge in [-0.05, 0) is 153 Å². The van der Waals surface area contributed by atoms with Gasteiger partial charge in [-0.25, -0.2) is 0 Å². The van der Waals surface area contributed by atoms with E-state index in [4.69, 9.17) is 9.47 Å². The predicted molar refractivity (Wildman–Crippen MR) is 268 cm³/mol. The molecule has 0 aliphatic carbocycles. The average molecular weight is 1090 g/mol. The van der Waals surface area contributed by atoms with E-state index in [1.165, 1.54) is 12.1 Å². The van der Waals surface area contributed by atoms with Crippen molar-refractivity contribution in [2.24, 2.45) is 0 Å². The predicted octanol–water partition coefficient (Wildman–Crippen LogP) is 16.0. The van der Waals surface area contributed by atoms with E-state index >= 15 is 0 Å². The molecule has 0 unspecified atom stereocenters. The van der Waals surface area contributed by atoms with Gasteiger partial charge in [-0.15, -0.1) is 0 Å². The highest BCUT2D eigenvalue weighted by molar-refractivity contribution is 5.69. The quantitative estimate of drug-likeness (QED) is 0.0350. The molecule has 2 N–H and O–H groups in total. The number of carbonyl (C=O) groups is 1. The van der Waals surface area contributed by atoms with E-state index in [0.717, 1.165) is 46.8 Å². The van der Waals surface area contributed by atoms with E-state index in [-0.39, 0.29) is 35.0 Å². The van der Waals surface area contributed by atoms with Gasteiger partial charge in [0.05, 0.1) is 13.2 Å². The Morgan fingerprint density at radius 1 is 0.553 bits per heavy atom. The minimum absolute atomic E-state index is 0.000148. The van der Waals surface area contributed by atoms with E-state index in [1.807, 2.05) is 65.0 Å². The Hall–Kier alpha value is -5.53. The summed E-state index contributed by atoms with van der Waals surface area (Å²) in [7, 11) is 0.941. The zero-order valence-corrected chi connectivity index (χ0v) is 44.3. The van der Waals surface area contributed by atoms with Gasteiger partial charge in [-0.3, -0.25) is 4.79 Å². The highest BCUT2D eigenvalue weighted by atomic mass is 19.4. The Bertz CT molecular complexity index is 2560. The van der Waals surface area contributed by atoms with Crippen LogP contribution in [-0.2, 0) is 29.8 Å². The van der Waals surface area contributed by atoms with Crippen molar-refractivity contribution in [3.8, 4) is 11.5 Å². The Balaban J connectivity index is 0.000000420. The molecule has 0 fully saturated rings. The van der Waals surface area contributed by atoms with Crippen LogP contribution in [0.1, 0.15) is 135 Å². The van der Waals surface area contributed by atoms with Gasteiger partial charge in [0.2, 0.25) is 0 Å². The summed E-state index contributed by atoms with van der Waals surface area (Å²) in [5.74, 6) is 0.652. The van der Waals surface area contributed by atoms with Crippen LogP contribution in [0.5, 0.6) is 11.5 Å². The number of alkyl halides is 12. The molecule has 0 bridgehead atoms. The van der Waals surface area contributed by atoms with Crippen LogP contribution in [-0.4, -0.2) is 79.2 Å². The summed E-state index contributed by atoms with van der Waals surface area (Å²) in [5, 5.41) is 19.2. The topological polar surface area (TPSA) is 94.5 Å². The van der Waals surface area contributed by atoms with Gasteiger partial charge in [-0.1, -0.05) is 101 Å². The van der Waals surface area contributed by atoms with Crippen molar-refractivity contribution in [3.63, 3.8) is 0 Å². The van der Waals surface area contributed by atoms with Gasteiger partial charge in [-0.2, -0.15) is 52.7 Å². The molecule has 7 nitrogen and oxygen atoms in total. The number of phenolic OH excluding ortho intramolecular Hbond substituents is 1. The second-order valence-corrected chi connectivity index (χ2v) is 18.5. The summed E-state index contributed by atoms with van der Waals surface area (Å²) in [6, 6.07) is 21.1. The van der Waals surface area contributed by atoms with Crippen LogP contribution in [0, 0.1) is 27.7 Å². The van der Waals surface area contributed by atoms with Crippen LogP contribution < -0.4 is 4.74 Å². The van der Waals surface area contributed by atoms with Crippen LogP contribution in [0.25, 0.3) is 12.2 Å². The van der Waals surface area contributed by atoms with Crippen LogP contribution in [0.2, 0.25) is 0 Å². The number of unbranched alkanes of at least 4 members (excludes halogenated alkanes) is 1. The van der Waals surface area contributed by atoms with E-state index in [0.29, 0.717) is 80.9 Å². The molecule has 0 saturated carbocycles. The summed E-state index contributed by atoms with van der Waals surface area (Å²) in [5.41, 5.74) is -3.77. The molecule has 0 amide bonds. The largest absolute Gasteiger partial charge is 0.508 e. The first-order chi connectivity index (χ1) is 35.2. The Labute approximate surface area is 436 Å². The first kappa shape index (κ1) is 64.8. The van der Waals surface area contributed by atoms with Crippen LogP contribution in [0.4, 0.5) is 52.7 Å².